The SMILES string of the molecule is CN(C)C(=O)c1ccc(Nc2cc3[nH]c(-c4cnco4)c(Cl)c3cn2)c(Cl)c1. The monoisotopic (exact) mass is 415 g/mol. The van der Waals surface area contributed by atoms with Crippen molar-refractivity contribution in [2.75, 3.05) is 19.4 Å². The van der Waals surface area contributed by atoms with Crippen molar-refractivity contribution < 1.29 is 9.21 Å². The van der Waals surface area contributed by atoms with E-state index in [4.69, 9.17) is 27.6 Å². The van der Waals surface area contributed by atoms with Gasteiger partial charge in [-0.05, 0) is 18.2 Å². The van der Waals surface area contributed by atoms with Crippen LogP contribution >= 0.6 is 23.2 Å². The third-order valence-electron chi connectivity index (χ3n) is 4.18. The minimum absolute atomic E-state index is 0.117. The molecule has 0 atom stereocenters. The van der Waals surface area contributed by atoms with Crippen LogP contribution in [0.1, 0.15) is 10.4 Å². The molecule has 0 aliphatic carbocycles. The molecule has 3 aromatic heterocycles. The van der Waals surface area contributed by atoms with Crippen molar-refractivity contribution in [1.82, 2.24) is 19.9 Å². The zero-order valence-corrected chi connectivity index (χ0v) is 16.5. The number of fused-ring (bicyclic) bond motifs is 1. The normalized spacial score (nSPS) is 11.0. The van der Waals surface area contributed by atoms with Gasteiger partial charge in [0.25, 0.3) is 5.91 Å². The van der Waals surface area contributed by atoms with Gasteiger partial charge >= 0.3 is 0 Å². The summed E-state index contributed by atoms with van der Waals surface area (Å²) in [7, 11) is 3.38. The van der Waals surface area contributed by atoms with Gasteiger partial charge in [-0.1, -0.05) is 23.2 Å². The van der Waals surface area contributed by atoms with E-state index < -0.39 is 0 Å². The smallest absolute Gasteiger partial charge is 0.253 e. The number of oxazole rings is 1. The van der Waals surface area contributed by atoms with Crippen molar-refractivity contribution in [3.8, 4) is 11.5 Å². The molecule has 0 saturated heterocycles. The number of hydrogen-bond donors (Lipinski definition) is 2. The average Bonchev–Trinajstić information content (AvgIpc) is 3.31. The van der Waals surface area contributed by atoms with E-state index in [0.717, 1.165) is 10.9 Å². The minimum Gasteiger partial charge on any atom is -0.442 e. The van der Waals surface area contributed by atoms with Gasteiger partial charge in [-0.15, -0.1) is 0 Å². The predicted molar refractivity (Wildman–Crippen MR) is 109 cm³/mol. The molecule has 0 aliphatic heterocycles. The van der Waals surface area contributed by atoms with E-state index in [0.29, 0.717) is 38.6 Å². The fourth-order valence-electron chi connectivity index (χ4n) is 2.78. The Labute approximate surface area is 170 Å². The van der Waals surface area contributed by atoms with Crippen LogP contribution in [0.25, 0.3) is 22.4 Å². The van der Waals surface area contributed by atoms with Gasteiger partial charge in [0.05, 0.1) is 27.4 Å². The molecule has 142 valence electrons. The summed E-state index contributed by atoms with van der Waals surface area (Å²) in [6.07, 6.45) is 4.59. The molecular weight excluding hydrogens is 401 g/mol. The second-order valence-corrected chi connectivity index (χ2v) is 7.10. The first kappa shape index (κ1) is 18.3. The molecule has 0 spiro atoms. The molecule has 3 heterocycles. The number of pyridine rings is 1. The molecule has 28 heavy (non-hydrogen) atoms. The van der Waals surface area contributed by atoms with Crippen molar-refractivity contribution in [1.29, 1.82) is 0 Å². The minimum atomic E-state index is -0.117. The fourth-order valence-corrected chi connectivity index (χ4v) is 3.30. The Morgan fingerprint density at radius 2 is 2.04 bits per heavy atom. The second kappa shape index (κ2) is 7.18. The number of carbonyl (C=O) groups is 1. The molecule has 9 heteroatoms. The Morgan fingerprint density at radius 3 is 2.71 bits per heavy atom. The van der Waals surface area contributed by atoms with Crippen molar-refractivity contribution in [2.45, 2.75) is 0 Å². The summed E-state index contributed by atoms with van der Waals surface area (Å²) in [4.78, 5) is 25.1. The molecule has 2 N–H and O–H groups in total. The third kappa shape index (κ3) is 3.30. The zero-order valence-electron chi connectivity index (χ0n) is 15.0. The Hall–Kier alpha value is -3.03. The Balaban J connectivity index is 1.64. The lowest BCUT2D eigenvalue weighted by Gasteiger charge is -2.12. The largest absolute Gasteiger partial charge is 0.442 e. The molecule has 4 aromatic rings. The van der Waals surface area contributed by atoms with E-state index in [1.54, 1.807) is 44.7 Å². The molecule has 4 rings (SSSR count). The van der Waals surface area contributed by atoms with Gasteiger partial charge in [0.2, 0.25) is 0 Å². The lowest BCUT2D eigenvalue weighted by Crippen LogP contribution is -2.21. The average molecular weight is 416 g/mol. The van der Waals surface area contributed by atoms with Crippen LogP contribution in [0.5, 0.6) is 0 Å². The summed E-state index contributed by atoms with van der Waals surface area (Å²) >= 11 is 12.8. The van der Waals surface area contributed by atoms with Crippen LogP contribution < -0.4 is 5.32 Å². The summed E-state index contributed by atoms with van der Waals surface area (Å²) in [5.74, 6) is 0.997. The molecule has 0 bridgehead atoms. The van der Waals surface area contributed by atoms with Gasteiger partial charge in [-0.2, -0.15) is 0 Å². The highest BCUT2D eigenvalue weighted by Crippen LogP contribution is 2.35. The first-order valence-electron chi connectivity index (χ1n) is 8.28. The fraction of sp³-hybridized carbons (Fsp3) is 0.105. The maximum Gasteiger partial charge on any atom is 0.253 e. The Kier molecular flexibility index (Phi) is 4.70. The van der Waals surface area contributed by atoms with E-state index >= 15 is 0 Å². The maximum absolute atomic E-state index is 12.1. The van der Waals surface area contributed by atoms with Crippen LogP contribution in [0.2, 0.25) is 10.0 Å². The van der Waals surface area contributed by atoms with Crippen LogP contribution in [-0.4, -0.2) is 39.9 Å². The predicted octanol–water partition coefficient (Wildman–Crippen LogP) is 4.97. The highest BCUT2D eigenvalue weighted by atomic mass is 35.5. The number of benzene rings is 1. The molecule has 0 radical (unpaired) electrons. The summed E-state index contributed by atoms with van der Waals surface area (Å²) in [5.41, 5.74) is 2.57. The lowest BCUT2D eigenvalue weighted by atomic mass is 10.2. The van der Waals surface area contributed by atoms with Crippen LogP contribution in [-0.2, 0) is 0 Å². The number of aromatic amines is 1. The summed E-state index contributed by atoms with van der Waals surface area (Å²) in [6, 6.07) is 6.89. The number of nitrogens with one attached hydrogen (secondary N) is 2. The van der Waals surface area contributed by atoms with Crippen molar-refractivity contribution in [3.63, 3.8) is 0 Å². The molecule has 0 aliphatic rings. The number of hydrogen-bond acceptors (Lipinski definition) is 5. The first-order chi connectivity index (χ1) is 13.4. The number of amides is 1. The molecule has 0 saturated carbocycles. The lowest BCUT2D eigenvalue weighted by molar-refractivity contribution is 0.0827. The van der Waals surface area contributed by atoms with Gasteiger partial charge in [0.15, 0.2) is 12.2 Å². The van der Waals surface area contributed by atoms with E-state index in [1.807, 2.05) is 6.07 Å². The van der Waals surface area contributed by atoms with Crippen molar-refractivity contribution in [3.05, 3.63) is 58.7 Å². The highest BCUT2D eigenvalue weighted by Gasteiger charge is 2.15. The standard InChI is InChI=1S/C19H15Cl2N5O2/c1-26(2)19(27)10-3-4-13(12(20)5-10)24-16-6-14-11(7-23-16)17(21)18(25-14)15-8-22-9-28-15/h3-9,25H,1-2H3,(H,23,24). The van der Waals surface area contributed by atoms with E-state index in [9.17, 15) is 4.79 Å². The highest BCUT2D eigenvalue weighted by molar-refractivity contribution is 6.38. The van der Waals surface area contributed by atoms with Crippen LogP contribution in [0.4, 0.5) is 11.5 Å². The van der Waals surface area contributed by atoms with Crippen molar-refractivity contribution in [2.24, 2.45) is 0 Å². The van der Waals surface area contributed by atoms with Crippen LogP contribution in [0.15, 0.2) is 47.5 Å². The van der Waals surface area contributed by atoms with Crippen molar-refractivity contribution >= 4 is 51.5 Å². The van der Waals surface area contributed by atoms with Gasteiger partial charge in [-0.25, -0.2) is 9.97 Å². The summed E-state index contributed by atoms with van der Waals surface area (Å²) in [5, 5.41) is 4.84. The van der Waals surface area contributed by atoms with E-state index in [1.165, 1.54) is 11.3 Å². The number of nitrogens with zero attached hydrogens (tertiary/aromatic N) is 3. The number of aromatic nitrogens is 3. The summed E-state index contributed by atoms with van der Waals surface area (Å²) in [6.45, 7) is 0. The number of H-pyrrole nitrogens is 1. The Morgan fingerprint density at radius 1 is 1.21 bits per heavy atom. The molecule has 0 unspecified atom stereocenters. The topological polar surface area (TPSA) is 87.0 Å². The van der Waals surface area contributed by atoms with Crippen LogP contribution in [0, 0.1) is 0 Å². The number of rotatable bonds is 4. The molecule has 1 aromatic carbocycles. The van der Waals surface area contributed by atoms with E-state index in [-0.39, 0.29) is 5.91 Å². The van der Waals surface area contributed by atoms with Gasteiger partial charge < -0.3 is 19.6 Å². The zero-order chi connectivity index (χ0) is 19.8. The Bertz CT molecular complexity index is 1170. The first-order valence-corrected chi connectivity index (χ1v) is 9.04. The third-order valence-corrected chi connectivity index (χ3v) is 4.89. The van der Waals surface area contributed by atoms with Gasteiger partial charge in [-0.3, -0.25) is 4.79 Å². The van der Waals surface area contributed by atoms with E-state index in [2.05, 4.69) is 20.3 Å². The number of anilines is 2. The number of carbonyl (C=O) groups excluding carboxylic acids is 1. The van der Waals surface area contributed by atoms with Gasteiger partial charge in [0.1, 0.15) is 11.5 Å². The van der Waals surface area contributed by atoms with Crippen LogP contribution in [0.3, 0.4) is 0 Å². The molecule has 1 amide bonds. The molecule has 7 nitrogen and oxygen atoms in total. The molecular formula is C19H15Cl2N5O2. The molecule has 0 fully saturated rings. The quantitative estimate of drug-likeness (QED) is 0.491. The number of halogens is 2. The second-order valence-electron chi connectivity index (χ2n) is 6.31. The summed E-state index contributed by atoms with van der Waals surface area (Å²) < 4.78 is 5.31. The maximum atomic E-state index is 12.1. The van der Waals surface area contributed by atoms with Gasteiger partial charge in [0, 0.05) is 37.3 Å².